The molecule has 5 aromatic rings. The predicted octanol–water partition coefficient (Wildman–Crippen LogP) is 8.19. The van der Waals surface area contributed by atoms with Gasteiger partial charge in [-0.05, 0) is 76.7 Å². The Balaban J connectivity index is 1.50. The summed E-state index contributed by atoms with van der Waals surface area (Å²) in [5.74, 6) is 1.09. The summed E-state index contributed by atoms with van der Waals surface area (Å²) in [6, 6.07) is 15.2. The summed E-state index contributed by atoms with van der Waals surface area (Å²) >= 11 is 16.7. The molecule has 2 N–H and O–H groups in total. The summed E-state index contributed by atoms with van der Waals surface area (Å²) in [4.78, 5) is 4.74. The molecule has 0 aliphatic carbocycles. The van der Waals surface area contributed by atoms with Gasteiger partial charge in [0.2, 0.25) is 5.88 Å². The molecule has 3 heterocycles. The van der Waals surface area contributed by atoms with Gasteiger partial charge in [-0.2, -0.15) is 5.10 Å². The van der Waals surface area contributed by atoms with Crippen molar-refractivity contribution in [2.75, 3.05) is 19.5 Å². The number of rotatable bonds is 6. The van der Waals surface area contributed by atoms with E-state index < -0.39 is 0 Å². The number of hydrogen-bond donors (Lipinski definition) is 1. The third kappa shape index (κ3) is 5.02. The molecule has 0 radical (unpaired) electrons. The molecule has 1 saturated heterocycles. The quantitative estimate of drug-likeness (QED) is 0.204. The topological polar surface area (TPSA) is 84.4 Å². The maximum absolute atomic E-state index is 6.82. The molecule has 6 rings (SSSR count). The molecule has 1 aliphatic heterocycles. The van der Waals surface area contributed by atoms with Crippen LogP contribution in [0.5, 0.6) is 11.6 Å². The average Bonchev–Trinajstić information content (AvgIpc) is 3.41. The van der Waals surface area contributed by atoms with E-state index in [4.69, 9.17) is 53.2 Å². The van der Waals surface area contributed by atoms with Gasteiger partial charge >= 0.3 is 0 Å². The van der Waals surface area contributed by atoms with E-state index in [1.807, 2.05) is 53.3 Å². The maximum Gasteiger partial charge on any atom is 0.238 e. The first-order valence-corrected chi connectivity index (χ1v) is 14.1. The van der Waals surface area contributed by atoms with E-state index in [0.717, 1.165) is 56.9 Å². The number of pyridine rings is 1. The van der Waals surface area contributed by atoms with Gasteiger partial charge in [0.1, 0.15) is 29.8 Å². The Bertz CT molecular complexity index is 1680. The highest BCUT2D eigenvalue weighted by molar-refractivity contribution is 9.10. The molecule has 200 valence electrons. The lowest BCUT2D eigenvalue weighted by Crippen LogP contribution is -2.18. The number of benzene rings is 3. The number of halogens is 3. The fourth-order valence-corrected chi connectivity index (χ4v) is 5.62. The number of nitrogens with zero attached hydrogens (tertiary/aromatic N) is 3. The van der Waals surface area contributed by atoms with E-state index in [1.54, 1.807) is 13.2 Å². The van der Waals surface area contributed by atoms with E-state index >= 15 is 0 Å². The van der Waals surface area contributed by atoms with Gasteiger partial charge in [-0.15, -0.1) is 0 Å². The number of ether oxygens (including phenoxy) is 3. The molecule has 1 unspecified atom stereocenters. The number of methoxy groups -OCH3 is 1. The van der Waals surface area contributed by atoms with Crippen LogP contribution in [-0.2, 0) is 11.3 Å². The zero-order valence-corrected chi connectivity index (χ0v) is 24.2. The van der Waals surface area contributed by atoms with Crippen LogP contribution in [0.2, 0.25) is 10.0 Å². The van der Waals surface area contributed by atoms with Crippen LogP contribution in [0.15, 0.2) is 59.2 Å². The zero-order valence-electron chi connectivity index (χ0n) is 21.1. The second kappa shape index (κ2) is 10.8. The first-order chi connectivity index (χ1) is 18.9. The maximum atomic E-state index is 6.82. The fourth-order valence-electron chi connectivity index (χ4n) is 4.91. The number of fused-ring (bicyclic) bond motifs is 2. The van der Waals surface area contributed by atoms with E-state index in [0.29, 0.717) is 39.3 Å². The zero-order chi connectivity index (χ0) is 27.1. The predicted molar refractivity (Wildman–Crippen MR) is 159 cm³/mol. The van der Waals surface area contributed by atoms with E-state index in [9.17, 15) is 0 Å². The molecular formula is C29H25BrCl2N4O3. The molecule has 0 saturated carbocycles. The summed E-state index contributed by atoms with van der Waals surface area (Å²) in [6.45, 7) is 0.996. The molecule has 2 aromatic heterocycles. The Hall–Kier alpha value is -3.04. The van der Waals surface area contributed by atoms with Crippen molar-refractivity contribution in [1.29, 1.82) is 0 Å². The van der Waals surface area contributed by atoms with Gasteiger partial charge in [0.05, 0.1) is 22.7 Å². The molecule has 0 spiro atoms. The van der Waals surface area contributed by atoms with E-state index in [2.05, 4.69) is 15.9 Å². The van der Waals surface area contributed by atoms with Crippen LogP contribution in [0.1, 0.15) is 31.1 Å². The highest BCUT2D eigenvalue weighted by Gasteiger charge is 2.23. The number of hydrogen-bond acceptors (Lipinski definition) is 6. The molecule has 0 bridgehead atoms. The van der Waals surface area contributed by atoms with Gasteiger partial charge in [0, 0.05) is 33.6 Å². The molecule has 39 heavy (non-hydrogen) atoms. The number of nitrogen functional groups attached to an aromatic ring is 1. The van der Waals surface area contributed by atoms with Crippen molar-refractivity contribution in [3.63, 3.8) is 0 Å². The lowest BCUT2D eigenvalue weighted by atomic mass is 9.96. The van der Waals surface area contributed by atoms with Crippen LogP contribution >= 0.6 is 39.1 Å². The molecule has 1 aliphatic rings. The van der Waals surface area contributed by atoms with Crippen molar-refractivity contribution in [2.45, 2.75) is 32.1 Å². The lowest BCUT2D eigenvalue weighted by molar-refractivity contribution is -0.0390. The molecule has 1 fully saturated rings. The number of anilines is 1. The second-order valence-electron chi connectivity index (χ2n) is 9.41. The van der Waals surface area contributed by atoms with Crippen molar-refractivity contribution in [3.05, 3.63) is 74.8 Å². The largest absolute Gasteiger partial charge is 0.497 e. The SMILES string of the molecule is COc1ccc(COc2nc3cc(Cl)c(Br)cc3c(-c3ccc(Cl)c4nn(C5CCCCO5)cc34)c2N)cc1. The molecule has 7 nitrogen and oxygen atoms in total. The van der Waals surface area contributed by atoms with Gasteiger partial charge in [-0.3, -0.25) is 0 Å². The van der Waals surface area contributed by atoms with Gasteiger partial charge in [-0.1, -0.05) is 41.4 Å². The van der Waals surface area contributed by atoms with Crippen LogP contribution in [0.25, 0.3) is 32.9 Å². The molecule has 3 aromatic carbocycles. The Kier molecular flexibility index (Phi) is 7.29. The highest BCUT2D eigenvalue weighted by atomic mass is 79.9. The monoisotopic (exact) mass is 626 g/mol. The number of nitrogens with two attached hydrogens (primary N) is 1. The summed E-state index contributed by atoms with van der Waals surface area (Å²) in [5.41, 5.74) is 11.2. The van der Waals surface area contributed by atoms with Crippen molar-refractivity contribution < 1.29 is 14.2 Å². The van der Waals surface area contributed by atoms with Crippen molar-refractivity contribution in [2.24, 2.45) is 0 Å². The lowest BCUT2D eigenvalue weighted by Gasteiger charge is -2.22. The minimum atomic E-state index is -0.127. The smallest absolute Gasteiger partial charge is 0.238 e. The summed E-state index contributed by atoms with van der Waals surface area (Å²) < 4.78 is 20.0. The van der Waals surface area contributed by atoms with Crippen LogP contribution in [0.3, 0.4) is 0 Å². The van der Waals surface area contributed by atoms with Crippen molar-refractivity contribution in [1.82, 2.24) is 14.8 Å². The third-order valence-corrected chi connectivity index (χ3v) is 8.43. The van der Waals surface area contributed by atoms with E-state index in [1.165, 1.54) is 0 Å². The van der Waals surface area contributed by atoms with Crippen LogP contribution in [0, 0.1) is 0 Å². The Labute approximate surface area is 243 Å². The first-order valence-electron chi connectivity index (χ1n) is 12.6. The summed E-state index contributed by atoms with van der Waals surface area (Å²) in [6.07, 6.45) is 4.90. The van der Waals surface area contributed by atoms with Gasteiger partial charge in [0.25, 0.3) is 0 Å². The molecular weight excluding hydrogens is 603 g/mol. The Morgan fingerprint density at radius 2 is 1.90 bits per heavy atom. The normalized spacial score (nSPS) is 15.6. The average molecular weight is 628 g/mol. The standard InChI is InChI=1S/C29H25BrCl2N4O3/c1-37-17-7-5-16(6-8-17)15-39-29-27(33)26(19-12-21(30)23(32)13-24(19)34-29)18-9-10-22(31)28-20(18)14-36(35-28)25-4-2-3-11-38-25/h5-10,12-14,25H,2-4,11,15,33H2,1H3. The van der Waals surface area contributed by atoms with Crippen molar-refractivity contribution >= 4 is 66.6 Å². The first kappa shape index (κ1) is 26.2. The minimum absolute atomic E-state index is 0.127. The second-order valence-corrected chi connectivity index (χ2v) is 11.1. The Morgan fingerprint density at radius 3 is 2.64 bits per heavy atom. The molecule has 1 atom stereocenters. The van der Waals surface area contributed by atoms with Crippen LogP contribution in [-0.4, -0.2) is 28.5 Å². The molecule has 10 heteroatoms. The summed E-state index contributed by atoms with van der Waals surface area (Å²) in [5, 5.41) is 7.59. The van der Waals surface area contributed by atoms with E-state index in [-0.39, 0.29) is 12.8 Å². The van der Waals surface area contributed by atoms with Crippen LogP contribution < -0.4 is 15.2 Å². The highest BCUT2D eigenvalue weighted by Crippen LogP contribution is 2.44. The Morgan fingerprint density at radius 1 is 1.08 bits per heavy atom. The van der Waals surface area contributed by atoms with Crippen LogP contribution in [0.4, 0.5) is 5.69 Å². The van der Waals surface area contributed by atoms with Gasteiger partial charge in [-0.25, -0.2) is 9.67 Å². The minimum Gasteiger partial charge on any atom is -0.497 e. The van der Waals surface area contributed by atoms with Gasteiger partial charge in [0.15, 0.2) is 0 Å². The number of aromatic nitrogens is 3. The van der Waals surface area contributed by atoms with Crippen molar-refractivity contribution in [3.8, 4) is 22.8 Å². The molecule has 0 amide bonds. The van der Waals surface area contributed by atoms with Gasteiger partial charge < -0.3 is 19.9 Å². The summed E-state index contributed by atoms with van der Waals surface area (Å²) in [7, 11) is 1.63. The third-order valence-electron chi connectivity index (χ3n) is 6.93. The fraction of sp³-hybridized carbons (Fsp3) is 0.241.